The molecule has 1 saturated heterocycles. The first-order chi connectivity index (χ1) is 7.31. The SMILES string of the molecule is C=Cc1ccccc1C(=O)OCC1CO1. The largest absolute Gasteiger partial charge is 0.459 e. The second kappa shape index (κ2) is 4.28. The number of hydrogen-bond donors (Lipinski definition) is 0. The first-order valence-electron chi connectivity index (χ1n) is 4.81. The van der Waals surface area contributed by atoms with E-state index in [0.717, 1.165) is 5.56 Å². The highest BCUT2D eigenvalue weighted by Gasteiger charge is 2.24. The van der Waals surface area contributed by atoms with Gasteiger partial charge in [0, 0.05) is 0 Å². The maximum absolute atomic E-state index is 11.6. The monoisotopic (exact) mass is 204 g/mol. The number of hydrogen-bond acceptors (Lipinski definition) is 3. The van der Waals surface area contributed by atoms with Crippen molar-refractivity contribution in [3.63, 3.8) is 0 Å². The van der Waals surface area contributed by atoms with Gasteiger partial charge in [0.1, 0.15) is 12.7 Å². The van der Waals surface area contributed by atoms with E-state index in [0.29, 0.717) is 18.8 Å². The lowest BCUT2D eigenvalue weighted by Crippen LogP contribution is -2.11. The lowest BCUT2D eigenvalue weighted by molar-refractivity contribution is 0.0476. The zero-order valence-electron chi connectivity index (χ0n) is 8.31. The molecule has 1 unspecified atom stereocenters. The van der Waals surface area contributed by atoms with Gasteiger partial charge in [-0.2, -0.15) is 0 Å². The van der Waals surface area contributed by atoms with Crippen molar-refractivity contribution >= 4 is 12.0 Å². The molecule has 1 atom stereocenters. The number of benzene rings is 1. The third-order valence-corrected chi connectivity index (χ3v) is 2.20. The van der Waals surface area contributed by atoms with E-state index < -0.39 is 0 Å². The lowest BCUT2D eigenvalue weighted by atomic mass is 10.1. The van der Waals surface area contributed by atoms with E-state index in [4.69, 9.17) is 9.47 Å². The van der Waals surface area contributed by atoms with Gasteiger partial charge in [-0.15, -0.1) is 0 Å². The Bertz CT molecular complexity index is 380. The summed E-state index contributed by atoms with van der Waals surface area (Å²) in [4.78, 5) is 11.6. The topological polar surface area (TPSA) is 38.8 Å². The maximum atomic E-state index is 11.6. The number of esters is 1. The van der Waals surface area contributed by atoms with Crippen LogP contribution < -0.4 is 0 Å². The van der Waals surface area contributed by atoms with E-state index in [1.54, 1.807) is 18.2 Å². The molecule has 0 spiro atoms. The first-order valence-corrected chi connectivity index (χ1v) is 4.81. The van der Waals surface area contributed by atoms with Crippen molar-refractivity contribution in [1.29, 1.82) is 0 Å². The van der Waals surface area contributed by atoms with Crippen LogP contribution in [0.5, 0.6) is 0 Å². The fourth-order valence-corrected chi connectivity index (χ4v) is 1.27. The summed E-state index contributed by atoms with van der Waals surface area (Å²) in [6, 6.07) is 7.22. The Balaban J connectivity index is 2.05. The molecule has 1 heterocycles. The maximum Gasteiger partial charge on any atom is 0.338 e. The van der Waals surface area contributed by atoms with Gasteiger partial charge in [-0.3, -0.25) is 0 Å². The third kappa shape index (κ3) is 2.44. The molecule has 0 aliphatic carbocycles. The Morgan fingerprint density at radius 2 is 2.33 bits per heavy atom. The molecule has 0 amide bonds. The van der Waals surface area contributed by atoms with E-state index in [2.05, 4.69) is 6.58 Å². The Morgan fingerprint density at radius 1 is 1.60 bits per heavy atom. The summed E-state index contributed by atoms with van der Waals surface area (Å²) in [6.07, 6.45) is 1.74. The normalized spacial score (nSPS) is 18.3. The average molecular weight is 204 g/mol. The van der Waals surface area contributed by atoms with Crippen LogP contribution in [0.15, 0.2) is 30.8 Å². The van der Waals surface area contributed by atoms with E-state index >= 15 is 0 Å². The Kier molecular flexibility index (Phi) is 2.83. The molecule has 1 aromatic carbocycles. The smallest absolute Gasteiger partial charge is 0.338 e. The van der Waals surface area contributed by atoms with Crippen LogP contribution in [0.2, 0.25) is 0 Å². The molecule has 3 nitrogen and oxygen atoms in total. The standard InChI is InChI=1S/C12H12O3/c1-2-9-5-3-4-6-11(9)12(13)15-8-10-7-14-10/h2-6,10H,1,7-8H2. The number of ether oxygens (including phenoxy) is 2. The quantitative estimate of drug-likeness (QED) is 0.555. The number of carbonyl (C=O) groups is 1. The molecule has 0 radical (unpaired) electrons. The van der Waals surface area contributed by atoms with Crippen LogP contribution in [-0.4, -0.2) is 25.3 Å². The second-order valence-electron chi connectivity index (χ2n) is 3.35. The number of carbonyl (C=O) groups excluding carboxylic acids is 1. The van der Waals surface area contributed by atoms with Crippen LogP contribution in [-0.2, 0) is 9.47 Å². The van der Waals surface area contributed by atoms with Crippen LogP contribution in [0.25, 0.3) is 6.08 Å². The molecule has 1 aliphatic rings. The fraction of sp³-hybridized carbons (Fsp3) is 0.250. The molecule has 1 fully saturated rings. The molecule has 78 valence electrons. The Labute approximate surface area is 88.3 Å². The van der Waals surface area contributed by atoms with Crippen molar-refractivity contribution in [1.82, 2.24) is 0 Å². The summed E-state index contributed by atoms with van der Waals surface area (Å²) in [5, 5.41) is 0. The van der Waals surface area contributed by atoms with Gasteiger partial charge in [-0.25, -0.2) is 4.79 Å². The van der Waals surface area contributed by atoms with Crippen LogP contribution in [0.1, 0.15) is 15.9 Å². The fourth-order valence-electron chi connectivity index (χ4n) is 1.27. The van der Waals surface area contributed by atoms with E-state index in [-0.39, 0.29) is 12.1 Å². The zero-order valence-corrected chi connectivity index (χ0v) is 8.31. The van der Waals surface area contributed by atoms with Gasteiger partial charge in [0.05, 0.1) is 12.2 Å². The Morgan fingerprint density at radius 3 is 3.00 bits per heavy atom. The molecule has 0 aromatic heterocycles. The van der Waals surface area contributed by atoms with Crippen molar-refractivity contribution in [2.24, 2.45) is 0 Å². The molecular formula is C12H12O3. The molecule has 0 bridgehead atoms. The molecule has 15 heavy (non-hydrogen) atoms. The predicted molar refractivity (Wildman–Crippen MR) is 56.6 cm³/mol. The second-order valence-corrected chi connectivity index (χ2v) is 3.35. The summed E-state index contributed by atoms with van der Waals surface area (Å²) < 4.78 is 10.0. The van der Waals surface area contributed by atoms with Crippen LogP contribution in [0, 0.1) is 0 Å². The summed E-state index contributed by atoms with van der Waals surface area (Å²) in [7, 11) is 0. The van der Waals surface area contributed by atoms with Crippen molar-refractivity contribution in [2.75, 3.05) is 13.2 Å². The number of epoxide rings is 1. The molecule has 2 rings (SSSR count). The first kappa shape index (κ1) is 9.93. The molecular weight excluding hydrogens is 192 g/mol. The van der Waals surface area contributed by atoms with Crippen molar-refractivity contribution in [3.8, 4) is 0 Å². The van der Waals surface area contributed by atoms with Gasteiger partial charge in [0.25, 0.3) is 0 Å². The third-order valence-electron chi connectivity index (χ3n) is 2.20. The molecule has 1 aromatic rings. The highest BCUT2D eigenvalue weighted by Crippen LogP contribution is 2.14. The van der Waals surface area contributed by atoms with Crippen molar-refractivity contribution in [2.45, 2.75) is 6.10 Å². The van der Waals surface area contributed by atoms with Gasteiger partial charge in [-0.05, 0) is 11.6 Å². The van der Waals surface area contributed by atoms with E-state index in [9.17, 15) is 4.79 Å². The number of rotatable bonds is 4. The highest BCUT2D eigenvalue weighted by atomic mass is 16.6. The molecule has 0 saturated carbocycles. The van der Waals surface area contributed by atoms with Gasteiger partial charge >= 0.3 is 5.97 Å². The molecule has 0 N–H and O–H groups in total. The minimum atomic E-state index is -0.319. The zero-order chi connectivity index (χ0) is 10.7. The summed E-state index contributed by atoms with van der Waals surface area (Å²) in [6.45, 7) is 4.68. The van der Waals surface area contributed by atoms with Gasteiger partial charge in [-0.1, -0.05) is 30.9 Å². The minimum absolute atomic E-state index is 0.102. The van der Waals surface area contributed by atoms with E-state index in [1.165, 1.54) is 0 Å². The average Bonchev–Trinajstić information content (AvgIpc) is 3.09. The van der Waals surface area contributed by atoms with Gasteiger partial charge in [0.15, 0.2) is 0 Å². The van der Waals surface area contributed by atoms with Gasteiger partial charge in [0.2, 0.25) is 0 Å². The lowest BCUT2D eigenvalue weighted by Gasteiger charge is -2.05. The van der Waals surface area contributed by atoms with Crippen LogP contribution in [0.3, 0.4) is 0 Å². The summed E-state index contributed by atoms with van der Waals surface area (Å²) in [5.41, 5.74) is 1.34. The van der Waals surface area contributed by atoms with Crippen molar-refractivity contribution in [3.05, 3.63) is 42.0 Å². The predicted octanol–water partition coefficient (Wildman–Crippen LogP) is 1.89. The minimum Gasteiger partial charge on any atom is -0.459 e. The van der Waals surface area contributed by atoms with E-state index in [1.807, 2.05) is 12.1 Å². The summed E-state index contributed by atoms with van der Waals surface area (Å²) >= 11 is 0. The van der Waals surface area contributed by atoms with Crippen LogP contribution >= 0.6 is 0 Å². The molecule has 1 aliphatic heterocycles. The molecule has 3 heteroatoms. The Hall–Kier alpha value is -1.61. The van der Waals surface area contributed by atoms with Gasteiger partial charge < -0.3 is 9.47 Å². The summed E-state index contributed by atoms with van der Waals surface area (Å²) in [5.74, 6) is -0.319. The van der Waals surface area contributed by atoms with Crippen molar-refractivity contribution < 1.29 is 14.3 Å². The van der Waals surface area contributed by atoms with Crippen LogP contribution in [0.4, 0.5) is 0 Å². The highest BCUT2D eigenvalue weighted by molar-refractivity contribution is 5.93.